The standard InChI is InChI=1S/C8H16O4/c1-7(10)2-3-8(11)4-5-12-6-9/h6-8,10-11H,2-5H2,1H3. The second-order valence-corrected chi connectivity index (χ2v) is 2.84. The van der Waals surface area contributed by atoms with Crippen molar-refractivity contribution in [1.82, 2.24) is 0 Å². The summed E-state index contributed by atoms with van der Waals surface area (Å²) >= 11 is 0. The number of rotatable bonds is 7. The van der Waals surface area contributed by atoms with Gasteiger partial charge in [-0.05, 0) is 19.8 Å². The lowest BCUT2D eigenvalue weighted by Gasteiger charge is -2.10. The zero-order valence-electron chi connectivity index (χ0n) is 7.27. The lowest BCUT2D eigenvalue weighted by atomic mass is 10.1. The fourth-order valence-electron chi connectivity index (χ4n) is 0.830. The average Bonchev–Trinajstić information content (AvgIpc) is 2.01. The van der Waals surface area contributed by atoms with Gasteiger partial charge in [-0.25, -0.2) is 0 Å². The van der Waals surface area contributed by atoms with E-state index in [0.29, 0.717) is 25.7 Å². The minimum Gasteiger partial charge on any atom is -0.468 e. The van der Waals surface area contributed by atoms with E-state index in [4.69, 9.17) is 5.11 Å². The highest BCUT2D eigenvalue weighted by atomic mass is 16.5. The van der Waals surface area contributed by atoms with Crippen molar-refractivity contribution >= 4 is 6.47 Å². The van der Waals surface area contributed by atoms with Gasteiger partial charge in [-0.2, -0.15) is 0 Å². The molecule has 0 aromatic heterocycles. The topological polar surface area (TPSA) is 66.8 Å². The Kier molecular flexibility index (Phi) is 6.70. The van der Waals surface area contributed by atoms with Crippen LogP contribution in [0.5, 0.6) is 0 Å². The van der Waals surface area contributed by atoms with Crippen molar-refractivity contribution in [2.24, 2.45) is 0 Å². The predicted molar refractivity (Wildman–Crippen MR) is 43.6 cm³/mol. The summed E-state index contributed by atoms with van der Waals surface area (Å²) < 4.78 is 4.41. The monoisotopic (exact) mass is 176 g/mol. The maximum absolute atomic E-state index is 9.71. The van der Waals surface area contributed by atoms with Gasteiger partial charge >= 0.3 is 0 Å². The number of hydrogen-bond donors (Lipinski definition) is 2. The highest BCUT2D eigenvalue weighted by molar-refractivity contribution is 5.36. The molecule has 0 aliphatic heterocycles. The number of carbonyl (C=O) groups is 1. The summed E-state index contributed by atoms with van der Waals surface area (Å²) in [5, 5.41) is 18.1. The molecule has 0 heterocycles. The van der Waals surface area contributed by atoms with Crippen molar-refractivity contribution in [2.75, 3.05) is 6.61 Å². The Hall–Kier alpha value is -0.610. The van der Waals surface area contributed by atoms with Gasteiger partial charge in [0.05, 0.1) is 18.8 Å². The van der Waals surface area contributed by atoms with Crippen molar-refractivity contribution in [3.63, 3.8) is 0 Å². The molecule has 0 rings (SSSR count). The fourth-order valence-corrected chi connectivity index (χ4v) is 0.830. The van der Waals surface area contributed by atoms with Gasteiger partial charge in [0, 0.05) is 6.42 Å². The third kappa shape index (κ3) is 7.50. The Morgan fingerprint density at radius 1 is 1.33 bits per heavy atom. The molecule has 0 saturated heterocycles. The summed E-state index contributed by atoms with van der Waals surface area (Å²) in [5.74, 6) is 0. The molecule has 0 spiro atoms. The van der Waals surface area contributed by atoms with E-state index in [1.54, 1.807) is 6.92 Å². The lowest BCUT2D eigenvalue weighted by molar-refractivity contribution is -0.129. The normalized spacial score (nSPS) is 15.2. The van der Waals surface area contributed by atoms with Crippen molar-refractivity contribution in [2.45, 2.75) is 38.4 Å². The van der Waals surface area contributed by atoms with Gasteiger partial charge in [0.25, 0.3) is 6.47 Å². The maximum Gasteiger partial charge on any atom is 0.293 e. The first kappa shape index (κ1) is 11.4. The molecule has 0 aliphatic rings. The molecule has 2 atom stereocenters. The summed E-state index contributed by atoms with van der Waals surface area (Å²) in [7, 11) is 0. The van der Waals surface area contributed by atoms with E-state index in [1.807, 2.05) is 0 Å². The average molecular weight is 176 g/mol. The van der Waals surface area contributed by atoms with Crippen LogP contribution in [0.4, 0.5) is 0 Å². The SMILES string of the molecule is CC(O)CCC(O)CCOC=O. The molecule has 0 aliphatic carbocycles. The Labute approximate surface area is 72.2 Å². The van der Waals surface area contributed by atoms with Crippen LogP contribution in [-0.4, -0.2) is 35.5 Å². The fraction of sp³-hybridized carbons (Fsp3) is 0.875. The van der Waals surface area contributed by atoms with E-state index < -0.39 is 6.10 Å². The van der Waals surface area contributed by atoms with Gasteiger partial charge < -0.3 is 14.9 Å². The molecule has 0 radical (unpaired) electrons. The molecule has 2 unspecified atom stereocenters. The largest absolute Gasteiger partial charge is 0.468 e. The van der Waals surface area contributed by atoms with E-state index in [-0.39, 0.29) is 12.7 Å². The van der Waals surface area contributed by atoms with E-state index in [0.717, 1.165) is 0 Å². The molecule has 0 amide bonds. The van der Waals surface area contributed by atoms with Crippen LogP contribution in [0.2, 0.25) is 0 Å². The number of hydrogen-bond acceptors (Lipinski definition) is 4. The van der Waals surface area contributed by atoms with E-state index in [2.05, 4.69) is 4.74 Å². The first-order valence-corrected chi connectivity index (χ1v) is 4.08. The van der Waals surface area contributed by atoms with Gasteiger partial charge in [-0.3, -0.25) is 4.79 Å². The third-order valence-electron chi connectivity index (χ3n) is 1.55. The molecule has 0 fully saturated rings. The second kappa shape index (κ2) is 7.06. The van der Waals surface area contributed by atoms with Gasteiger partial charge in [-0.15, -0.1) is 0 Å². The van der Waals surface area contributed by atoms with Gasteiger partial charge in [-0.1, -0.05) is 0 Å². The highest BCUT2D eigenvalue weighted by Gasteiger charge is 2.05. The number of aliphatic hydroxyl groups excluding tert-OH is 2. The first-order chi connectivity index (χ1) is 5.66. The molecule has 0 saturated carbocycles. The number of carbonyl (C=O) groups excluding carboxylic acids is 1. The Morgan fingerprint density at radius 3 is 2.50 bits per heavy atom. The van der Waals surface area contributed by atoms with Crippen molar-refractivity contribution in [3.8, 4) is 0 Å². The zero-order valence-corrected chi connectivity index (χ0v) is 7.27. The summed E-state index contributed by atoms with van der Waals surface area (Å²) in [5.41, 5.74) is 0. The van der Waals surface area contributed by atoms with Crippen LogP contribution in [0.3, 0.4) is 0 Å². The van der Waals surface area contributed by atoms with Crippen LogP contribution < -0.4 is 0 Å². The Bertz CT molecular complexity index is 114. The van der Waals surface area contributed by atoms with Crippen LogP contribution in [-0.2, 0) is 9.53 Å². The molecule has 0 aromatic carbocycles. The summed E-state index contributed by atoms with van der Waals surface area (Å²) in [6.45, 7) is 2.28. The summed E-state index contributed by atoms with van der Waals surface area (Å²) in [4.78, 5) is 9.71. The van der Waals surface area contributed by atoms with Crippen LogP contribution in [0.15, 0.2) is 0 Å². The van der Waals surface area contributed by atoms with Crippen LogP contribution in [0.1, 0.15) is 26.2 Å². The first-order valence-electron chi connectivity index (χ1n) is 4.08. The van der Waals surface area contributed by atoms with E-state index in [9.17, 15) is 9.90 Å². The smallest absolute Gasteiger partial charge is 0.293 e. The van der Waals surface area contributed by atoms with Crippen LogP contribution in [0, 0.1) is 0 Å². The van der Waals surface area contributed by atoms with Gasteiger partial charge in [0.1, 0.15) is 0 Å². The van der Waals surface area contributed by atoms with E-state index >= 15 is 0 Å². The number of aliphatic hydroxyl groups is 2. The molecule has 0 bridgehead atoms. The molecule has 4 heteroatoms. The zero-order chi connectivity index (χ0) is 9.40. The van der Waals surface area contributed by atoms with E-state index in [1.165, 1.54) is 0 Å². The summed E-state index contributed by atoms with van der Waals surface area (Å²) in [6, 6.07) is 0. The van der Waals surface area contributed by atoms with Gasteiger partial charge in [0.2, 0.25) is 0 Å². The van der Waals surface area contributed by atoms with Crippen LogP contribution in [0.25, 0.3) is 0 Å². The lowest BCUT2D eigenvalue weighted by Crippen LogP contribution is -2.13. The molecule has 4 nitrogen and oxygen atoms in total. The Morgan fingerprint density at radius 2 is 2.00 bits per heavy atom. The second-order valence-electron chi connectivity index (χ2n) is 2.84. The summed E-state index contributed by atoms with van der Waals surface area (Å²) in [6.07, 6.45) is 0.680. The molecular formula is C8H16O4. The molecule has 12 heavy (non-hydrogen) atoms. The van der Waals surface area contributed by atoms with Gasteiger partial charge in [0.15, 0.2) is 0 Å². The van der Waals surface area contributed by atoms with Crippen molar-refractivity contribution in [3.05, 3.63) is 0 Å². The minimum atomic E-state index is -0.487. The third-order valence-corrected chi connectivity index (χ3v) is 1.55. The molecular weight excluding hydrogens is 160 g/mol. The number of ether oxygens (including phenoxy) is 1. The predicted octanol–water partition coefficient (Wildman–Crippen LogP) is 0.0714. The Balaban J connectivity index is 3.21. The highest BCUT2D eigenvalue weighted by Crippen LogP contribution is 2.04. The minimum absolute atomic E-state index is 0.241. The van der Waals surface area contributed by atoms with Crippen molar-refractivity contribution < 1.29 is 19.7 Å². The van der Waals surface area contributed by atoms with Crippen LogP contribution >= 0.6 is 0 Å². The molecule has 72 valence electrons. The van der Waals surface area contributed by atoms with Crippen molar-refractivity contribution in [1.29, 1.82) is 0 Å². The maximum atomic E-state index is 9.71. The molecule has 2 N–H and O–H groups in total. The quantitative estimate of drug-likeness (QED) is 0.425. The molecule has 0 aromatic rings.